The van der Waals surface area contributed by atoms with Crippen LogP contribution >= 0.6 is 0 Å². The molecule has 0 aromatic heterocycles. The molecule has 0 heterocycles. The zero-order valence-corrected chi connectivity index (χ0v) is 12.3. The fourth-order valence-corrected chi connectivity index (χ4v) is 2.49. The molecule has 3 heteroatoms. The van der Waals surface area contributed by atoms with Gasteiger partial charge in [-0.05, 0) is 11.1 Å². The molecule has 23 heavy (non-hydrogen) atoms. The number of hydrogen-bond acceptors (Lipinski definition) is 3. The van der Waals surface area contributed by atoms with Crippen LogP contribution in [0.3, 0.4) is 0 Å². The zero-order chi connectivity index (χ0) is 16.2. The molecule has 0 unspecified atom stereocenters. The van der Waals surface area contributed by atoms with Crippen LogP contribution < -0.4 is 0 Å². The molecule has 0 saturated heterocycles. The molecule has 0 radical (unpaired) electrons. The van der Waals surface area contributed by atoms with Crippen molar-refractivity contribution in [3.8, 4) is 28.0 Å². The molecule has 3 rings (SSSR count). The van der Waals surface area contributed by atoms with Gasteiger partial charge in [-0.25, -0.2) is 0 Å². The van der Waals surface area contributed by atoms with Gasteiger partial charge in [0.15, 0.2) is 0 Å². The Hall–Kier alpha value is -3.20. The Labute approximate surface area is 133 Å². The van der Waals surface area contributed by atoms with Gasteiger partial charge in [0.1, 0.15) is 18.3 Å². The minimum absolute atomic E-state index is 0.171. The highest BCUT2D eigenvalue weighted by Crippen LogP contribution is 2.37. The number of hydrogen-bond donors (Lipinski definition) is 1. The number of phenolic OH excluding ortho intramolecular Hbond substituents is 1. The Kier molecular flexibility index (Phi) is 4.02. The second kappa shape index (κ2) is 6.28. The number of rotatable bonds is 4. The lowest BCUT2D eigenvalue weighted by Gasteiger charge is -2.10. The second-order valence-corrected chi connectivity index (χ2v) is 5.18. The summed E-state index contributed by atoms with van der Waals surface area (Å²) in [6.07, 6.45) is 1.57. The van der Waals surface area contributed by atoms with Gasteiger partial charge in [-0.2, -0.15) is 0 Å². The van der Waals surface area contributed by atoms with Crippen LogP contribution in [0.25, 0.3) is 22.3 Å². The average Bonchev–Trinajstić information content (AvgIpc) is 2.62. The Balaban J connectivity index is 2.06. The number of aldehydes is 2. The van der Waals surface area contributed by atoms with E-state index in [1.165, 1.54) is 0 Å². The lowest BCUT2D eigenvalue weighted by atomic mass is 9.96. The van der Waals surface area contributed by atoms with Crippen LogP contribution in [0.4, 0.5) is 0 Å². The maximum atomic E-state index is 10.7. The number of carbonyl (C=O) groups is 2. The first-order chi connectivity index (χ1) is 11.2. The Morgan fingerprint density at radius 3 is 1.35 bits per heavy atom. The van der Waals surface area contributed by atoms with Crippen LogP contribution in [-0.4, -0.2) is 17.7 Å². The fraction of sp³-hybridized carbons (Fsp3) is 0. The number of benzene rings is 3. The van der Waals surface area contributed by atoms with Gasteiger partial charge in [-0.1, -0.05) is 66.7 Å². The van der Waals surface area contributed by atoms with Crippen molar-refractivity contribution in [2.45, 2.75) is 0 Å². The summed E-state index contributed by atoms with van der Waals surface area (Å²) in [6, 6.07) is 19.6. The monoisotopic (exact) mass is 302 g/mol. The first-order valence-corrected chi connectivity index (χ1v) is 7.16. The first-order valence-electron chi connectivity index (χ1n) is 7.16. The summed E-state index contributed by atoms with van der Waals surface area (Å²) in [5.41, 5.74) is 4.24. The van der Waals surface area contributed by atoms with Crippen LogP contribution in [0.15, 0.2) is 66.7 Å². The van der Waals surface area contributed by atoms with Gasteiger partial charge in [0.05, 0.1) is 0 Å². The summed E-state index contributed by atoms with van der Waals surface area (Å²) in [5.74, 6) is 0.171. The van der Waals surface area contributed by atoms with Gasteiger partial charge in [-0.3, -0.25) is 9.59 Å². The van der Waals surface area contributed by atoms with E-state index >= 15 is 0 Å². The first kappa shape index (κ1) is 14.7. The molecule has 1 N–H and O–H groups in total. The van der Waals surface area contributed by atoms with E-state index in [0.29, 0.717) is 22.3 Å². The molecule has 3 nitrogen and oxygen atoms in total. The molecule has 0 saturated carbocycles. The highest BCUT2D eigenvalue weighted by Gasteiger charge is 2.10. The van der Waals surface area contributed by atoms with Crippen LogP contribution in [0, 0.1) is 0 Å². The van der Waals surface area contributed by atoms with Crippen molar-refractivity contribution in [1.29, 1.82) is 0 Å². The summed E-state index contributed by atoms with van der Waals surface area (Å²) < 4.78 is 0. The molecule has 0 atom stereocenters. The van der Waals surface area contributed by atoms with Crippen molar-refractivity contribution in [2.24, 2.45) is 0 Å². The van der Waals surface area contributed by atoms with Crippen LogP contribution in [-0.2, 0) is 0 Å². The molecule has 3 aromatic rings. The topological polar surface area (TPSA) is 54.4 Å². The summed E-state index contributed by atoms with van der Waals surface area (Å²) in [7, 11) is 0. The zero-order valence-electron chi connectivity index (χ0n) is 12.3. The molecule has 0 aliphatic heterocycles. The van der Waals surface area contributed by atoms with Gasteiger partial charge in [0.25, 0.3) is 0 Å². The van der Waals surface area contributed by atoms with Crippen LogP contribution in [0.1, 0.15) is 20.7 Å². The summed E-state index contributed by atoms with van der Waals surface area (Å²) >= 11 is 0. The van der Waals surface area contributed by atoms with Crippen molar-refractivity contribution in [3.63, 3.8) is 0 Å². The second-order valence-electron chi connectivity index (χ2n) is 5.18. The maximum absolute atomic E-state index is 10.7. The smallest absolute Gasteiger partial charge is 0.150 e. The van der Waals surface area contributed by atoms with Crippen LogP contribution in [0.2, 0.25) is 0 Å². The van der Waals surface area contributed by atoms with Gasteiger partial charge in [0.2, 0.25) is 0 Å². The number of aromatic hydroxyl groups is 1. The Bertz CT molecular complexity index is 777. The van der Waals surface area contributed by atoms with Crippen molar-refractivity contribution in [3.05, 3.63) is 77.9 Å². The lowest BCUT2D eigenvalue weighted by Crippen LogP contribution is -1.86. The van der Waals surface area contributed by atoms with Crippen molar-refractivity contribution >= 4 is 12.6 Å². The van der Waals surface area contributed by atoms with Gasteiger partial charge in [0, 0.05) is 22.3 Å². The number of carbonyl (C=O) groups excluding carboxylic acids is 2. The van der Waals surface area contributed by atoms with Crippen LogP contribution in [0.5, 0.6) is 5.75 Å². The molecular weight excluding hydrogens is 288 g/mol. The van der Waals surface area contributed by atoms with Gasteiger partial charge < -0.3 is 5.11 Å². The van der Waals surface area contributed by atoms with Crippen molar-refractivity contribution < 1.29 is 14.7 Å². The fourth-order valence-electron chi connectivity index (χ4n) is 2.49. The van der Waals surface area contributed by atoms with E-state index in [1.54, 1.807) is 48.5 Å². The molecule has 0 aliphatic rings. The van der Waals surface area contributed by atoms with E-state index in [1.807, 2.05) is 18.2 Å². The van der Waals surface area contributed by atoms with Gasteiger partial charge >= 0.3 is 0 Å². The standard InChI is InChI=1S/C20H14O3/c21-12-14-4-8-16(9-5-14)18-2-1-3-19(20(18)23)17-10-6-15(13-22)7-11-17/h1-13,23H. The third-order valence-electron chi connectivity index (χ3n) is 3.75. The number of para-hydroxylation sites is 1. The molecular formula is C20H14O3. The highest BCUT2D eigenvalue weighted by molar-refractivity contribution is 5.84. The third-order valence-corrected chi connectivity index (χ3v) is 3.75. The number of phenols is 1. The Morgan fingerprint density at radius 2 is 1.00 bits per heavy atom. The van der Waals surface area contributed by atoms with E-state index in [-0.39, 0.29) is 5.75 Å². The van der Waals surface area contributed by atoms with E-state index < -0.39 is 0 Å². The quantitative estimate of drug-likeness (QED) is 0.729. The molecule has 3 aromatic carbocycles. The van der Waals surface area contributed by atoms with E-state index in [0.717, 1.165) is 23.7 Å². The van der Waals surface area contributed by atoms with E-state index in [2.05, 4.69) is 0 Å². The molecule has 0 aliphatic carbocycles. The molecule has 0 bridgehead atoms. The maximum Gasteiger partial charge on any atom is 0.150 e. The summed E-state index contributed by atoms with van der Waals surface area (Å²) in [5, 5.41) is 10.6. The van der Waals surface area contributed by atoms with Gasteiger partial charge in [-0.15, -0.1) is 0 Å². The predicted octanol–water partition coefficient (Wildman–Crippen LogP) is 4.35. The minimum atomic E-state index is 0.171. The normalized spacial score (nSPS) is 10.3. The third kappa shape index (κ3) is 2.90. The average molecular weight is 302 g/mol. The lowest BCUT2D eigenvalue weighted by molar-refractivity contribution is 0.111. The Morgan fingerprint density at radius 1 is 0.609 bits per heavy atom. The highest BCUT2D eigenvalue weighted by atomic mass is 16.3. The van der Waals surface area contributed by atoms with Crippen molar-refractivity contribution in [1.82, 2.24) is 0 Å². The molecule has 0 spiro atoms. The largest absolute Gasteiger partial charge is 0.507 e. The SMILES string of the molecule is O=Cc1ccc(-c2cccc(-c3ccc(C=O)cc3)c2O)cc1. The van der Waals surface area contributed by atoms with E-state index in [9.17, 15) is 14.7 Å². The predicted molar refractivity (Wildman–Crippen MR) is 89.8 cm³/mol. The molecule has 0 amide bonds. The summed E-state index contributed by atoms with van der Waals surface area (Å²) in [6.45, 7) is 0. The van der Waals surface area contributed by atoms with Crippen molar-refractivity contribution in [2.75, 3.05) is 0 Å². The molecule has 112 valence electrons. The minimum Gasteiger partial charge on any atom is -0.507 e. The van der Waals surface area contributed by atoms with E-state index in [4.69, 9.17) is 0 Å². The molecule has 0 fully saturated rings. The summed E-state index contributed by atoms with van der Waals surface area (Å²) in [4.78, 5) is 21.5.